The van der Waals surface area contributed by atoms with Gasteiger partial charge in [-0.05, 0) is 31.4 Å². The van der Waals surface area contributed by atoms with Gasteiger partial charge in [0.25, 0.3) is 0 Å². The summed E-state index contributed by atoms with van der Waals surface area (Å²) in [4.78, 5) is 0. The average Bonchev–Trinajstić information content (AvgIpc) is 2.30. The van der Waals surface area contributed by atoms with Gasteiger partial charge in [-0.1, -0.05) is 37.1 Å². The number of ether oxygens (including phenoxy) is 1. The largest absolute Gasteiger partial charge is 0.380 e. The number of unbranched alkanes of at least 4 members (excludes halogenated alkanes) is 1. The van der Waals surface area contributed by atoms with Crippen molar-refractivity contribution in [2.45, 2.75) is 40.2 Å². The minimum absolute atomic E-state index is 0.810. The molecule has 0 aromatic heterocycles. The van der Waals surface area contributed by atoms with E-state index in [-0.39, 0.29) is 0 Å². The molecule has 17 heavy (non-hydrogen) atoms. The molecule has 0 saturated carbocycles. The van der Waals surface area contributed by atoms with Gasteiger partial charge in [-0.15, -0.1) is 0 Å². The monoisotopic (exact) mass is 235 g/mol. The maximum atomic E-state index is 5.50. The summed E-state index contributed by atoms with van der Waals surface area (Å²) in [6.45, 7) is 10.0. The minimum atomic E-state index is 0.810. The Morgan fingerprint density at radius 3 is 2.71 bits per heavy atom. The standard InChI is InChI=1S/C15H25NO/c1-4-5-9-17-10-8-16-12-15-7-6-13(2)11-14(15)3/h6-7,11,16H,4-5,8-10,12H2,1-3H3. The summed E-state index contributed by atoms with van der Waals surface area (Å²) < 4.78 is 5.50. The molecule has 0 heterocycles. The Morgan fingerprint density at radius 2 is 2.00 bits per heavy atom. The fraction of sp³-hybridized carbons (Fsp3) is 0.600. The van der Waals surface area contributed by atoms with Crippen molar-refractivity contribution < 1.29 is 4.74 Å². The predicted molar refractivity (Wildman–Crippen MR) is 73.3 cm³/mol. The smallest absolute Gasteiger partial charge is 0.0591 e. The number of aryl methyl sites for hydroxylation is 2. The molecule has 0 spiro atoms. The summed E-state index contributed by atoms with van der Waals surface area (Å²) in [5.74, 6) is 0. The summed E-state index contributed by atoms with van der Waals surface area (Å²) in [6.07, 6.45) is 2.37. The van der Waals surface area contributed by atoms with Gasteiger partial charge in [-0.25, -0.2) is 0 Å². The van der Waals surface area contributed by atoms with E-state index in [4.69, 9.17) is 4.74 Å². The van der Waals surface area contributed by atoms with Crippen LogP contribution < -0.4 is 5.32 Å². The Morgan fingerprint density at radius 1 is 1.18 bits per heavy atom. The third kappa shape index (κ3) is 5.85. The van der Waals surface area contributed by atoms with Crippen LogP contribution in [0.15, 0.2) is 18.2 Å². The third-order valence-electron chi connectivity index (χ3n) is 2.88. The molecule has 0 unspecified atom stereocenters. The second-order valence-corrected chi connectivity index (χ2v) is 4.57. The van der Waals surface area contributed by atoms with E-state index in [9.17, 15) is 0 Å². The highest BCUT2D eigenvalue weighted by molar-refractivity contribution is 5.30. The van der Waals surface area contributed by atoms with Crippen LogP contribution in [0.3, 0.4) is 0 Å². The summed E-state index contributed by atoms with van der Waals surface area (Å²) in [5, 5.41) is 3.41. The molecule has 2 nitrogen and oxygen atoms in total. The van der Waals surface area contributed by atoms with E-state index < -0.39 is 0 Å². The predicted octanol–water partition coefficient (Wildman–Crippen LogP) is 3.21. The van der Waals surface area contributed by atoms with Gasteiger partial charge in [-0.3, -0.25) is 0 Å². The molecular weight excluding hydrogens is 210 g/mol. The van der Waals surface area contributed by atoms with Gasteiger partial charge in [0.15, 0.2) is 0 Å². The first-order valence-corrected chi connectivity index (χ1v) is 6.58. The molecule has 1 aromatic carbocycles. The van der Waals surface area contributed by atoms with E-state index >= 15 is 0 Å². The molecule has 0 atom stereocenters. The maximum absolute atomic E-state index is 5.50. The highest BCUT2D eigenvalue weighted by Crippen LogP contribution is 2.09. The third-order valence-corrected chi connectivity index (χ3v) is 2.88. The second kappa shape index (κ2) is 8.26. The van der Waals surface area contributed by atoms with Crippen LogP contribution in [0.5, 0.6) is 0 Å². The molecule has 0 amide bonds. The number of rotatable bonds is 8. The Bertz CT molecular complexity index is 323. The van der Waals surface area contributed by atoms with Crippen molar-refractivity contribution in [1.29, 1.82) is 0 Å². The van der Waals surface area contributed by atoms with Crippen LogP contribution in [0.25, 0.3) is 0 Å². The topological polar surface area (TPSA) is 21.3 Å². The van der Waals surface area contributed by atoms with Gasteiger partial charge >= 0.3 is 0 Å². The number of hydrogen-bond donors (Lipinski definition) is 1. The SMILES string of the molecule is CCCCOCCNCc1ccc(C)cc1C. The fourth-order valence-corrected chi connectivity index (χ4v) is 1.76. The van der Waals surface area contributed by atoms with Crippen molar-refractivity contribution in [3.63, 3.8) is 0 Å². The summed E-state index contributed by atoms with van der Waals surface area (Å²) in [5.41, 5.74) is 4.07. The molecule has 0 aliphatic rings. The minimum Gasteiger partial charge on any atom is -0.380 e. The fourth-order valence-electron chi connectivity index (χ4n) is 1.76. The van der Waals surface area contributed by atoms with Crippen LogP contribution in [-0.4, -0.2) is 19.8 Å². The van der Waals surface area contributed by atoms with E-state index in [0.29, 0.717) is 0 Å². The van der Waals surface area contributed by atoms with Gasteiger partial charge in [0, 0.05) is 19.7 Å². The van der Waals surface area contributed by atoms with Crippen molar-refractivity contribution in [2.75, 3.05) is 19.8 Å². The summed E-state index contributed by atoms with van der Waals surface area (Å²) in [7, 11) is 0. The van der Waals surface area contributed by atoms with Crippen LogP contribution in [0.4, 0.5) is 0 Å². The molecule has 0 aliphatic heterocycles. The van der Waals surface area contributed by atoms with E-state index in [1.807, 2.05) is 0 Å². The molecule has 96 valence electrons. The average molecular weight is 235 g/mol. The molecule has 0 saturated heterocycles. The molecule has 1 N–H and O–H groups in total. The zero-order valence-corrected chi connectivity index (χ0v) is 11.4. The maximum Gasteiger partial charge on any atom is 0.0591 e. The normalized spacial score (nSPS) is 10.8. The lowest BCUT2D eigenvalue weighted by atomic mass is 10.1. The highest BCUT2D eigenvalue weighted by atomic mass is 16.5. The lowest BCUT2D eigenvalue weighted by Crippen LogP contribution is -2.20. The zero-order chi connectivity index (χ0) is 12.5. The summed E-state index contributed by atoms with van der Waals surface area (Å²) in [6, 6.07) is 6.60. The van der Waals surface area contributed by atoms with Gasteiger partial charge in [0.2, 0.25) is 0 Å². The van der Waals surface area contributed by atoms with Gasteiger partial charge in [0.05, 0.1) is 6.61 Å². The zero-order valence-electron chi connectivity index (χ0n) is 11.4. The Balaban J connectivity index is 2.14. The Labute approximate surface area is 105 Å². The number of hydrogen-bond acceptors (Lipinski definition) is 2. The van der Waals surface area contributed by atoms with Gasteiger partial charge in [-0.2, -0.15) is 0 Å². The molecule has 1 aromatic rings. The number of nitrogens with one attached hydrogen (secondary N) is 1. The molecule has 0 bridgehead atoms. The van der Waals surface area contributed by atoms with E-state index in [0.717, 1.165) is 32.7 Å². The van der Waals surface area contributed by atoms with Crippen molar-refractivity contribution in [2.24, 2.45) is 0 Å². The Kier molecular flexibility index (Phi) is 6.90. The van der Waals surface area contributed by atoms with Gasteiger partial charge in [0.1, 0.15) is 0 Å². The van der Waals surface area contributed by atoms with Crippen LogP contribution in [0, 0.1) is 13.8 Å². The lowest BCUT2D eigenvalue weighted by Gasteiger charge is -2.09. The van der Waals surface area contributed by atoms with Crippen molar-refractivity contribution in [1.82, 2.24) is 5.32 Å². The van der Waals surface area contributed by atoms with Crippen LogP contribution in [0.1, 0.15) is 36.5 Å². The highest BCUT2D eigenvalue weighted by Gasteiger charge is 1.97. The second-order valence-electron chi connectivity index (χ2n) is 4.57. The van der Waals surface area contributed by atoms with Gasteiger partial charge < -0.3 is 10.1 Å². The first-order chi connectivity index (χ1) is 8.24. The molecule has 0 radical (unpaired) electrons. The van der Waals surface area contributed by atoms with Crippen LogP contribution in [0.2, 0.25) is 0 Å². The van der Waals surface area contributed by atoms with Crippen LogP contribution >= 0.6 is 0 Å². The lowest BCUT2D eigenvalue weighted by molar-refractivity contribution is 0.133. The van der Waals surface area contributed by atoms with Crippen LogP contribution in [-0.2, 0) is 11.3 Å². The van der Waals surface area contributed by atoms with Crippen molar-refractivity contribution in [3.8, 4) is 0 Å². The first kappa shape index (κ1) is 14.2. The van der Waals surface area contributed by atoms with E-state index in [1.165, 1.54) is 23.1 Å². The Hall–Kier alpha value is -0.860. The molecule has 0 fully saturated rings. The summed E-state index contributed by atoms with van der Waals surface area (Å²) >= 11 is 0. The van der Waals surface area contributed by atoms with E-state index in [2.05, 4.69) is 44.3 Å². The first-order valence-electron chi connectivity index (χ1n) is 6.58. The molecular formula is C15H25NO. The quantitative estimate of drug-likeness (QED) is 0.699. The molecule has 2 heteroatoms. The molecule has 0 aliphatic carbocycles. The number of benzene rings is 1. The molecule has 1 rings (SSSR count). The van der Waals surface area contributed by atoms with Crippen molar-refractivity contribution in [3.05, 3.63) is 34.9 Å². The van der Waals surface area contributed by atoms with E-state index in [1.54, 1.807) is 0 Å². The van der Waals surface area contributed by atoms with Crippen molar-refractivity contribution >= 4 is 0 Å².